The average molecular weight is 625 g/mol. The first kappa shape index (κ1) is 31.7. The number of carbonyl (C=O) groups excluding carboxylic acids is 4. The monoisotopic (exact) mass is 623 g/mol. The molecule has 0 bridgehead atoms. The lowest BCUT2D eigenvalue weighted by Gasteiger charge is -2.34. The zero-order valence-electron chi connectivity index (χ0n) is 22.6. The Labute approximate surface area is 242 Å². The number of amides is 2. The van der Waals surface area contributed by atoms with Gasteiger partial charge in [-0.05, 0) is 55.9 Å². The van der Waals surface area contributed by atoms with Crippen molar-refractivity contribution in [3.63, 3.8) is 0 Å². The van der Waals surface area contributed by atoms with E-state index in [4.69, 9.17) is 11.5 Å². The summed E-state index contributed by atoms with van der Waals surface area (Å²) in [5, 5.41) is 13.4. The maximum atomic E-state index is 14.0. The lowest BCUT2D eigenvalue weighted by Crippen LogP contribution is -2.55. The van der Waals surface area contributed by atoms with Crippen LogP contribution in [0.5, 0.6) is 0 Å². The number of guanidine groups is 1. The average Bonchev–Trinajstić information content (AvgIpc) is 3.34. The van der Waals surface area contributed by atoms with Crippen LogP contribution in [0, 0.1) is 11.8 Å². The molecular formula is C28H39BrFN5O5. The molecule has 1 saturated heterocycles. The van der Waals surface area contributed by atoms with Gasteiger partial charge in [-0.15, -0.1) is 0 Å². The topological polar surface area (TPSA) is 168 Å². The van der Waals surface area contributed by atoms with Gasteiger partial charge >= 0.3 is 0 Å². The molecule has 3 rings (SSSR count). The summed E-state index contributed by atoms with van der Waals surface area (Å²) in [4.78, 5) is 57.9. The molecule has 1 saturated carbocycles. The lowest BCUT2D eigenvalue weighted by atomic mass is 9.83. The zero-order chi connectivity index (χ0) is 29.2. The number of rotatable bonds is 13. The van der Waals surface area contributed by atoms with Crippen LogP contribution in [0.2, 0.25) is 0 Å². The second-order valence-electron chi connectivity index (χ2n) is 10.7. The number of hydrogen-bond donors (Lipinski definition) is 4. The van der Waals surface area contributed by atoms with E-state index in [1.54, 1.807) is 24.3 Å². The second-order valence-corrected chi connectivity index (χ2v) is 11.6. The molecule has 2 aliphatic rings. The lowest BCUT2D eigenvalue weighted by molar-refractivity contribution is -0.141. The molecule has 12 heteroatoms. The number of aliphatic hydroxyl groups is 1. The Morgan fingerprint density at radius 3 is 2.42 bits per heavy atom. The van der Waals surface area contributed by atoms with Crippen LogP contribution in [-0.2, 0) is 14.4 Å². The van der Waals surface area contributed by atoms with Gasteiger partial charge in [0, 0.05) is 41.9 Å². The van der Waals surface area contributed by atoms with Gasteiger partial charge in [-0.1, -0.05) is 35.2 Å². The Balaban J connectivity index is 1.77. The molecule has 6 N–H and O–H groups in total. The van der Waals surface area contributed by atoms with Gasteiger partial charge < -0.3 is 26.8 Å². The van der Waals surface area contributed by atoms with E-state index in [-0.39, 0.29) is 44.2 Å². The van der Waals surface area contributed by atoms with E-state index >= 15 is 0 Å². The summed E-state index contributed by atoms with van der Waals surface area (Å²) in [5.41, 5.74) is 11.0. The van der Waals surface area contributed by atoms with Crippen molar-refractivity contribution in [1.29, 1.82) is 0 Å². The predicted molar refractivity (Wildman–Crippen MR) is 152 cm³/mol. The first-order valence-corrected chi connectivity index (χ1v) is 14.6. The maximum absolute atomic E-state index is 14.0. The number of nitrogens with one attached hydrogen (secondary N) is 1. The Morgan fingerprint density at radius 2 is 1.80 bits per heavy atom. The number of nitrogens with zero attached hydrogens (tertiary/aromatic N) is 2. The van der Waals surface area contributed by atoms with Crippen LogP contribution < -0.4 is 16.8 Å². The molecule has 40 heavy (non-hydrogen) atoms. The van der Waals surface area contributed by atoms with Gasteiger partial charge in [0.15, 0.2) is 17.5 Å². The molecule has 1 aromatic rings. The molecule has 0 radical (unpaired) electrons. The van der Waals surface area contributed by atoms with E-state index in [0.29, 0.717) is 12.0 Å². The number of alkyl halides is 1. The third-order valence-corrected chi connectivity index (χ3v) is 8.28. The number of ketones is 2. The van der Waals surface area contributed by atoms with Crippen LogP contribution in [0.3, 0.4) is 0 Å². The van der Waals surface area contributed by atoms with Crippen molar-refractivity contribution in [2.45, 2.75) is 76.0 Å². The van der Waals surface area contributed by atoms with Gasteiger partial charge in [0.05, 0.1) is 12.1 Å². The van der Waals surface area contributed by atoms with Crippen molar-refractivity contribution in [2.75, 3.05) is 19.8 Å². The van der Waals surface area contributed by atoms with Gasteiger partial charge in [0.25, 0.3) is 5.91 Å². The van der Waals surface area contributed by atoms with Crippen molar-refractivity contribution in [1.82, 2.24) is 10.2 Å². The van der Waals surface area contributed by atoms with Crippen LogP contribution in [0.4, 0.5) is 4.39 Å². The number of halogens is 2. The number of nitrogens with two attached hydrogens (primary N) is 2. The normalized spacial score (nSPS) is 20.9. The van der Waals surface area contributed by atoms with Gasteiger partial charge in [0.1, 0.15) is 12.7 Å². The number of benzene rings is 1. The summed E-state index contributed by atoms with van der Waals surface area (Å²) in [6.07, 6.45) is 3.85. The molecule has 0 aromatic heterocycles. The summed E-state index contributed by atoms with van der Waals surface area (Å²) in [6.45, 7) is -1.03. The highest BCUT2D eigenvalue weighted by atomic mass is 79.9. The number of carbonyl (C=O) groups is 4. The van der Waals surface area contributed by atoms with Crippen LogP contribution in [0.15, 0.2) is 33.7 Å². The van der Waals surface area contributed by atoms with Crippen LogP contribution >= 0.6 is 15.9 Å². The summed E-state index contributed by atoms with van der Waals surface area (Å²) in [6, 6.07) is 4.96. The minimum absolute atomic E-state index is 0.0210. The molecule has 0 spiro atoms. The van der Waals surface area contributed by atoms with E-state index < -0.39 is 54.2 Å². The minimum atomic E-state index is -1.21. The minimum Gasteiger partial charge on any atom is -0.391 e. The molecule has 2 fully saturated rings. The van der Waals surface area contributed by atoms with E-state index in [9.17, 15) is 28.7 Å². The highest BCUT2D eigenvalue weighted by Gasteiger charge is 2.44. The molecule has 220 valence electrons. The van der Waals surface area contributed by atoms with Crippen molar-refractivity contribution >= 4 is 45.3 Å². The van der Waals surface area contributed by atoms with Crippen LogP contribution in [0.25, 0.3) is 0 Å². The molecule has 1 aliphatic heterocycles. The quantitative estimate of drug-likeness (QED) is 0.148. The number of β-amino-alcohol motifs (C(OH)–C–C–N with tert-alkyl or cyclic N) is 1. The predicted octanol–water partition coefficient (Wildman–Crippen LogP) is 2.26. The van der Waals surface area contributed by atoms with Gasteiger partial charge in [-0.2, -0.15) is 0 Å². The van der Waals surface area contributed by atoms with Gasteiger partial charge in [-0.25, -0.2) is 4.39 Å². The highest BCUT2D eigenvalue weighted by Crippen LogP contribution is 2.31. The highest BCUT2D eigenvalue weighted by molar-refractivity contribution is 9.10. The molecule has 4 atom stereocenters. The Hall–Kier alpha value is -2.86. The van der Waals surface area contributed by atoms with Crippen molar-refractivity contribution < 1.29 is 28.7 Å². The standard InChI is InChI=1S/C28H39BrFN5O5/c29-20-10-8-18(9-11-20)26(39)34-25(17-5-2-1-3-6-17)27(40)35-16-21(36)14-22(35)23(37)13-19(24(38)15-30)7-4-12-33-28(31)32/h8-11,17,19,21-22,25,36H,1-7,12-16H2,(H,34,39)(H4,31,32,33)/t19-,21-,22+,25+/m1/s1. The number of hydrogen-bond acceptors (Lipinski definition) is 6. The molecule has 2 amide bonds. The summed E-state index contributed by atoms with van der Waals surface area (Å²) in [7, 11) is 0. The summed E-state index contributed by atoms with van der Waals surface area (Å²) >= 11 is 3.35. The van der Waals surface area contributed by atoms with Crippen molar-refractivity contribution in [3.05, 3.63) is 34.3 Å². The van der Waals surface area contributed by atoms with Crippen molar-refractivity contribution in [3.8, 4) is 0 Å². The van der Waals surface area contributed by atoms with Gasteiger partial charge in [-0.3, -0.25) is 24.2 Å². The van der Waals surface area contributed by atoms with Crippen LogP contribution in [0.1, 0.15) is 68.1 Å². The first-order chi connectivity index (χ1) is 19.1. The molecular weight excluding hydrogens is 585 g/mol. The Morgan fingerprint density at radius 1 is 1.12 bits per heavy atom. The summed E-state index contributed by atoms with van der Waals surface area (Å²) < 4.78 is 14.1. The third-order valence-electron chi connectivity index (χ3n) is 7.75. The maximum Gasteiger partial charge on any atom is 0.251 e. The molecule has 10 nitrogen and oxygen atoms in total. The third kappa shape index (κ3) is 8.82. The second kappa shape index (κ2) is 15.2. The number of Topliss-reactive ketones (excluding diaryl/α,β-unsaturated/α-hetero) is 2. The summed E-state index contributed by atoms with van der Waals surface area (Å²) in [5.74, 6) is -3.02. The largest absolute Gasteiger partial charge is 0.391 e. The van der Waals surface area contributed by atoms with E-state index in [2.05, 4.69) is 26.2 Å². The Bertz CT molecular complexity index is 1080. The fraction of sp³-hybridized carbons (Fsp3) is 0.607. The zero-order valence-corrected chi connectivity index (χ0v) is 24.2. The molecule has 1 aliphatic carbocycles. The number of aliphatic imine (C=N–C) groups is 1. The first-order valence-electron chi connectivity index (χ1n) is 13.8. The number of aliphatic hydroxyl groups excluding tert-OH is 1. The fourth-order valence-corrected chi connectivity index (χ4v) is 5.89. The van der Waals surface area contributed by atoms with E-state index in [1.165, 1.54) is 4.90 Å². The molecule has 1 aromatic carbocycles. The molecule has 0 unspecified atom stereocenters. The smallest absolute Gasteiger partial charge is 0.251 e. The van der Waals surface area contributed by atoms with Gasteiger partial charge in [0.2, 0.25) is 5.91 Å². The van der Waals surface area contributed by atoms with Crippen LogP contribution in [-0.4, -0.2) is 77.3 Å². The van der Waals surface area contributed by atoms with E-state index in [1.807, 2.05) is 0 Å². The number of likely N-dealkylation sites (tertiary alicyclic amines) is 1. The van der Waals surface area contributed by atoms with E-state index in [0.717, 1.165) is 36.6 Å². The van der Waals surface area contributed by atoms with Crippen molar-refractivity contribution in [2.24, 2.45) is 28.3 Å². The fourth-order valence-electron chi connectivity index (χ4n) is 5.63. The molecule has 1 heterocycles. The Kier molecular flexibility index (Phi) is 12.1. The SMILES string of the molecule is NC(N)=NCCC[C@H](CC(=O)[C@@H]1C[C@@H](O)CN1C(=O)[C@@H](NC(=O)c1ccc(Br)cc1)C1CCCCC1)C(=O)CF.